The highest BCUT2D eigenvalue weighted by atomic mass is 16.5. The van der Waals surface area contributed by atoms with E-state index in [1.54, 1.807) is 0 Å². The van der Waals surface area contributed by atoms with Gasteiger partial charge in [0.05, 0.1) is 12.7 Å². The maximum atomic E-state index is 11.7. The molecule has 0 aliphatic carbocycles. The van der Waals surface area contributed by atoms with Crippen molar-refractivity contribution >= 4 is 5.78 Å². The molecule has 1 aliphatic heterocycles. The van der Waals surface area contributed by atoms with Crippen molar-refractivity contribution < 1.29 is 9.53 Å². The summed E-state index contributed by atoms with van der Waals surface area (Å²) < 4.78 is 5.51. The van der Waals surface area contributed by atoms with Crippen LogP contribution in [0.3, 0.4) is 0 Å². The van der Waals surface area contributed by atoms with Crippen molar-refractivity contribution in [3.8, 4) is 0 Å². The Morgan fingerprint density at radius 3 is 2.73 bits per heavy atom. The maximum absolute atomic E-state index is 11.7. The van der Waals surface area contributed by atoms with Crippen LogP contribution in [0.1, 0.15) is 39.5 Å². The molecule has 0 radical (unpaired) electrons. The van der Waals surface area contributed by atoms with Crippen LogP contribution < -0.4 is 5.32 Å². The normalized spacial score (nSPS) is 21.9. The molecule has 0 aromatic heterocycles. The fourth-order valence-corrected chi connectivity index (χ4v) is 1.99. The predicted molar refractivity (Wildman–Crippen MR) is 60.9 cm³/mol. The Bertz CT molecular complexity index is 184. The number of Topliss-reactive ketones (excluding diaryl/α,β-unsaturated/α-hetero) is 1. The third kappa shape index (κ3) is 4.76. The zero-order valence-corrected chi connectivity index (χ0v) is 9.92. The van der Waals surface area contributed by atoms with Crippen LogP contribution in [0.2, 0.25) is 0 Å². The zero-order valence-electron chi connectivity index (χ0n) is 9.92. The number of carbonyl (C=O) groups is 1. The fourth-order valence-electron chi connectivity index (χ4n) is 1.99. The number of carbonyl (C=O) groups excluding carboxylic acids is 1. The first-order chi connectivity index (χ1) is 7.26. The largest absolute Gasteiger partial charge is 0.375 e. The van der Waals surface area contributed by atoms with Crippen LogP contribution in [-0.4, -0.2) is 31.6 Å². The van der Waals surface area contributed by atoms with Gasteiger partial charge in [0.2, 0.25) is 0 Å². The number of ketones is 1. The average Bonchev–Trinajstić information content (AvgIpc) is 2.27. The Morgan fingerprint density at radius 1 is 1.47 bits per heavy atom. The lowest BCUT2D eigenvalue weighted by molar-refractivity contribution is -0.123. The molecule has 0 bridgehead atoms. The molecule has 3 heteroatoms. The van der Waals surface area contributed by atoms with E-state index >= 15 is 0 Å². The van der Waals surface area contributed by atoms with Gasteiger partial charge in [-0.25, -0.2) is 0 Å². The summed E-state index contributed by atoms with van der Waals surface area (Å²) in [5, 5.41) is 3.24. The van der Waals surface area contributed by atoms with Crippen LogP contribution in [0.15, 0.2) is 0 Å². The molecule has 1 heterocycles. The molecule has 0 aromatic rings. The number of hydrogen-bond acceptors (Lipinski definition) is 3. The second-order valence-corrected chi connectivity index (χ2v) is 4.33. The van der Waals surface area contributed by atoms with Crippen molar-refractivity contribution in [1.82, 2.24) is 5.32 Å². The lowest BCUT2D eigenvalue weighted by Gasteiger charge is -2.23. The Kier molecular flexibility index (Phi) is 5.88. The number of ether oxygens (including phenoxy) is 1. The van der Waals surface area contributed by atoms with Crippen LogP contribution in [0.4, 0.5) is 0 Å². The van der Waals surface area contributed by atoms with Gasteiger partial charge in [-0.05, 0) is 5.92 Å². The summed E-state index contributed by atoms with van der Waals surface area (Å²) in [5.41, 5.74) is 0. The molecule has 0 saturated carbocycles. The van der Waals surface area contributed by atoms with E-state index < -0.39 is 0 Å². The van der Waals surface area contributed by atoms with Crippen molar-refractivity contribution in [2.45, 2.75) is 45.6 Å². The molecule has 1 atom stereocenters. The Hall–Kier alpha value is -0.410. The first-order valence-electron chi connectivity index (χ1n) is 6.10. The van der Waals surface area contributed by atoms with E-state index in [1.807, 2.05) is 0 Å². The molecule has 1 rings (SSSR count). The summed E-state index contributed by atoms with van der Waals surface area (Å²) in [6.07, 6.45) is 3.63. The third-order valence-electron chi connectivity index (χ3n) is 3.13. The number of rotatable bonds is 6. The van der Waals surface area contributed by atoms with Crippen molar-refractivity contribution in [3.63, 3.8) is 0 Å². The van der Waals surface area contributed by atoms with Gasteiger partial charge in [-0.2, -0.15) is 0 Å². The molecule has 1 aliphatic rings. The minimum absolute atomic E-state index is 0.112. The minimum Gasteiger partial charge on any atom is -0.375 e. The monoisotopic (exact) mass is 213 g/mol. The Balaban J connectivity index is 2.21. The van der Waals surface area contributed by atoms with Gasteiger partial charge in [0.1, 0.15) is 5.78 Å². The van der Waals surface area contributed by atoms with Gasteiger partial charge >= 0.3 is 0 Å². The molecule has 0 amide bonds. The standard InChI is InChI=1S/C12H23NO2/c1-3-10(4-2)7-11(14)8-12-9-13-5-6-15-12/h10,12-13H,3-9H2,1-2H3. The first-order valence-corrected chi connectivity index (χ1v) is 6.10. The van der Waals surface area contributed by atoms with Crippen LogP contribution in [-0.2, 0) is 9.53 Å². The van der Waals surface area contributed by atoms with E-state index in [4.69, 9.17) is 4.74 Å². The predicted octanol–water partition coefficient (Wildman–Crippen LogP) is 1.76. The van der Waals surface area contributed by atoms with E-state index in [2.05, 4.69) is 19.2 Å². The zero-order chi connectivity index (χ0) is 11.1. The van der Waals surface area contributed by atoms with Crippen molar-refractivity contribution in [3.05, 3.63) is 0 Å². The summed E-state index contributed by atoms with van der Waals surface area (Å²) in [4.78, 5) is 11.7. The summed E-state index contributed by atoms with van der Waals surface area (Å²) in [7, 11) is 0. The van der Waals surface area contributed by atoms with Crippen LogP contribution >= 0.6 is 0 Å². The topological polar surface area (TPSA) is 38.3 Å². The Labute approximate surface area is 92.6 Å². The van der Waals surface area contributed by atoms with Crippen LogP contribution in [0.25, 0.3) is 0 Å². The highest BCUT2D eigenvalue weighted by Gasteiger charge is 2.18. The van der Waals surface area contributed by atoms with E-state index in [9.17, 15) is 4.79 Å². The van der Waals surface area contributed by atoms with Gasteiger partial charge in [0, 0.05) is 25.9 Å². The van der Waals surface area contributed by atoms with E-state index in [-0.39, 0.29) is 6.10 Å². The third-order valence-corrected chi connectivity index (χ3v) is 3.13. The van der Waals surface area contributed by atoms with Gasteiger partial charge < -0.3 is 10.1 Å². The number of morpholine rings is 1. The molecule has 3 nitrogen and oxygen atoms in total. The van der Waals surface area contributed by atoms with Gasteiger partial charge in [-0.15, -0.1) is 0 Å². The molecule has 0 spiro atoms. The molecule has 15 heavy (non-hydrogen) atoms. The SMILES string of the molecule is CCC(CC)CC(=O)CC1CNCCO1. The van der Waals surface area contributed by atoms with E-state index in [0.29, 0.717) is 18.1 Å². The molecule has 1 unspecified atom stereocenters. The van der Waals surface area contributed by atoms with Crippen molar-refractivity contribution in [2.75, 3.05) is 19.7 Å². The molecule has 88 valence electrons. The summed E-state index contributed by atoms with van der Waals surface area (Å²) >= 11 is 0. The summed E-state index contributed by atoms with van der Waals surface area (Å²) in [5.74, 6) is 0.923. The van der Waals surface area contributed by atoms with E-state index in [0.717, 1.165) is 39.0 Å². The van der Waals surface area contributed by atoms with Gasteiger partial charge in [-0.1, -0.05) is 26.7 Å². The highest BCUT2D eigenvalue weighted by molar-refractivity contribution is 5.79. The fraction of sp³-hybridized carbons (Fsp3) is 0.917. The lowest BCUT2D eigenvalue weighted by atomic mass is 9.94. The molecule has 1 saturated heterocycles. The average molecular weight is 213 g/mol. The van der Waals surface area contributed by atoms with Crippen LogP contribution in [0, 0.1) is 5.92 Å². The molecular formula is C12H23NO2. The van der Waals surface area contributed by atoms with Gasteiger partial charge in [-0.3, -0.25) is 4.79 Å². The second-order valence-electron chi connectivity index (χ2n) is 4.33. The number of hydrogen-bond donors (Lipinski definition) is 1. The maximum Gasteiger partial charge on any atom is 0.135 e. The number of nitrogens with one attached hydrogen (secondary N) is 1. The quantitative estimate of drug-likeness (QED) is 0.730. The van der Waals surface area contributed by atoms with Gasteiger partial charge in [0.25, 0.3) is 0 Å². The van der Waals surface area contributed by atoms with Gasteiger partial charge in [0.15, 0.2) is 0 Å². The van der Waals surface area contributed by atoms with Crippen LogP contribution in [0.5, 0.6) is 0 Å². The lowest BCUT2D eigenvalue weighted by Crippen LogP contribution is -2.39. The molecule has 1 fully saturated rings. The molecular weight excluding hydrogens is 190 g/mol. The van der Waals surface area contributed by atoms with Crippen molar-refractivity contribution in [1.29, 1.82) is 0 Å². The summed E-state index contributed by atoms with van der Waals surface area (Å²) in [6.45, 7) is 6.79. The first kappa shape index (κ1) is 12.7. The summed E-state index contributed by atoms with van der Waals surface area (Å²) in [6, 6.07) is 0. The molecule has 1 N–H and O–H groups in total. The highest BCUT2D eigenvalue weighted by Crippen LogP contribution is 2.15. The minimum atomic E-state index is 0.112. The Morgan fingerprint density at radius 2 is 2.20 bits per heavy atom. The smallest absolute Gasteiger partial charge is 0.135 e. The second kappa shape index (κ2) is 6.96. The van der Waals surface area contributed by atoms with E-state index in [1.165, 1.54) is 0 Å². The molecule has 0 aromatic carbocycles. The van der Waals surface area contributed by atoms with Crippen molar-refractivity contribution in [2.24, 2.45) is 5.92 Å².